The average molecular weight is 359 g/mol. The molecule has 4 rings (SSSR count). The molecule has 0 aromatic heterocycles. The number of halogens is 1. The Kier molecular flexibility index (Phi) is 3.91. The average Bonchev–Trinajstić information content (AvgIpc) is 3.24. The molecule has 1 saturated carbocycles. The normalized spacial score (nSPS) is 29.4. The van der Waals surface area contributed by atoms with Crippen molar-refractivity contribution in [3.63, 3.8) is 0 Å². The van der Waals surface area contributed by atoms with Crippen molar-refractivity contribution in [2.75, 3.05) is 11.9 Å². The molecule has 1 aromatic carbocycles. The molecule has 6 heteroatoms. The van der Waals surface area contributed by atoms with Crippen LogP contribution in [0.2, 0.25) is 5.02 Å². The number of amides is 3. The molecule has 1 aromatic rings. The molecule has 3 aliphatic rings. The zero-order valence-corrected chi connectivity index (χ0v) is 14.6. The minimum atomic E-state index is -0.232. The van der Waals surface area contributed by atoms with Crippen LogP contribution in [0.25, 0.3) is 0 Å². The number of allylic oxidation sites excluding steroid dienone is 2. The summed E-state index contributed by atoms with van der Waals surface area (Å²) >= 11 is 5.95. The Morgan fingerprint density at radius 1 is 1.20 bits per heavy atom. The van der Waals surface area contributed by atoms with Crippen LogP contribution in [0.3, 0.4) is 0 Å². The first-order valence-electron chi connectivity index (χ1n) is 8.55. The predicted molar refractivity (Wildman–Crippen MR) is 93.9 cm³/mol. The van der Waals surface area contributed by atoms with E-state index in [2.05, 4.69) is 17.5 Å². The number of rotatable bonds is 4. The molecule has 0 unspecified atom stereocenters. The van der Waals surface area contributed by atoms with E-state index in [0.717, 1.165) is 12.0 Å². The number of aryl methyl sites for hydroxylation is 1. The SMILES string of the molecule is Cc1ccc(Cl)cc1NC(=O)CCN1C(=O)[C@@H]2[C@H](C1=O)[C@@H]1C=C[C@H]2C1. The summed E-state index contributed by atoms with van der Waals surface area (Å²) in [7, 11) is 0. The fraction of sp³-hybridized carbons (Fsp3) is 0.421. The van der Waals surface area contributed by atoms with Gasteiger partial charge in [-0.15, -0.1) is 0 Å². The van der Waals surface area contributed by atoms with E-state index >= 15 is 0 Å². The highest BCUT2D eigenvalue weighted by Crippen LogP contribution is 2.52. The molecule has 0 spiro atoms. The lowest BCUT2D eigenvalue weighted by Crippen LogP contribution is -2.35. The van der Waals surface area contributed by atoms with Crippen LogP contribution in [0, 0.1) is 30.6 Å². The Morgan fingerprint density at radius 3 is 2.48 bits per heavy atom. The van der Waals surface area contributed by atoms with Crippen LogP contribution in [0.1, 0.15) is 18.4 Å². The topological polar surface area (TPSA) is 66.5 Å². The van der Waals surface area contributed by atoms with Crippen LogP contribution in [-0.2, 0) is 14.4 Å². The number of nitrogens with one attached hydrogen (secondary N) is 1. The Hall–Kier alpha value is -2.14. The summed E-state index contributed by atoms with van der Waals surface area (Å²) in [6.07, 6.45) is 5.13. The number of likely N-dealkylation sites (tertiary alicyclic amines) is 1. The summed E-state index contributed by atoms with van der Waals surface area (Å²) in [5.41, 5.74) is 1.55. The van der Waals surface area contributed by atoms with Gasteiger partial charge in [0.1, 0.15) is 0 Å². The smallest absolute Gasteiger partial charge is 0.233 e. The van der Waals surface area contributed by atoms with Crippen LogP contribution >= 0.6 is 11.6 Å². The minimum Gasteiger partial charge on any atom is -0.326 e. The fourth-order valence-electron chi connectivity index (χ4n) is 4.34. The molecule has 1 saturated heterocycles. The Bertz CT molecular complexity index is 774. The van der Waals surface area contributed by atoms with Crippen molar-refractivity contribution >= 4 is 35.0 Å². The number of hydrogen-bond acceptors (Lipinski definition) is 3. The van der Waals surface area contributed by atoms with Gasteiger partial charge in [-0.1, -0.05) is 29.8 Å². The van der Waals surface area contributed by atoms with Crippen molar-refractivity contribution in [3.8, 4) is 0 Å². The maximum atomic E-state index is 12.6. The summed E-state index contributed by atoms with van der Waals surface area (Å²) in [5, 5.41) is 3.34. The second kappa shape index (κ2) is 5.99. The lowest BCUT2D eigenvalue weighted by atomic mass is 9.85. The Morgan fingerprint density at radius 2 is 1.84 bits per heavy atom. The van der Waals surface area contributed by atoms with Crippen molar-refractivity contribution in [1.82, 2.24) is 4.90 Å². The Labute approximate surface area is 151 Å². The van der Waals surface area contributed by atoms with Crippen molar-refractivity contribution in [1.29, 1.82) is 0 Å². The van der Waals surface area contributed by atoms with Gasteiger partial charge < -0.3 is 5.32 Å². The standard InChI is InChI=1S/C19H19ClN2O3/c1-10-2-5-13(20)9-14(10)21-15(23)6-7-22-18(24)16-11-3-4-12(8-11)17(16)19(22)25/h2-5,9,11-12,16-17H,6-8H2,1H3,(H,21,23)/t11-,12+,16-,17+. The Balaban J connectivity index is 1.39. The molecule has 25 heavy (non-hydrogen) atoms. The highest BCUT2D eigenvalue weighted by Gasteiger charge is 2.58. The van der Waals surface area contributed by atoms with Gasteiger partial charge in [0.25, 0.3) is 0 Å². The quantitative estimate of drug-likeness (QED) is 0.664. The van der Waals surface area contributed by atoms with Gasteiger partial charge in [-0.2, -0.15) is 0 Å². The lowest BCUT2D eigenvalue weighted by Gasteiger charge is -2.17. The van der Waals surface area contributed by atoms with Crippen LogP contribution in [0.15, 0.2) is 30.4 Å². The van der Waals surface area contributed by atoms with Crippen molar-refractivity contribution in [2.24, 2.45) is 23.7 Å². The second-order valence-corrected chi connectivity index (χ2v) is 7.52. The van der Waals surface area contributed by atoms with Crippen molar-refractivity contribution < 1.29 is 14.4 Å². The molecule has 2 aliphatic carbocycles. The van der Waals surface area contributed by atoms with Gasteiger partial charge >= 0.3 is 0 Å². The molecule has 4 atom stereocenters. The first kappa shape index (κ1) is 16.3. The van der Waals surface area contributed by atoms with Gasteiger partial charge in [0.15, 0.2) is 0 Å². The maximum Gasteiger partial charge on any atom is 0.233 e. The van der Waals surface area contributed by atoms with E-state index < -0.39 is 0 Å². The van der Waals surface area contributed by atoms with Crippen LogP contribution < -0.4 is 5.32 Å². The number of anilines is 1. The molecule has 1 aliphatic heterocycles. The molecule has 3 amide bonds. The molecule has 0 radical (unpaired) electrons. The van der Waals surface area contributed by atoms with Gasteiger partial charge in [0.05, 0.1) is 11.8 Å². The fourth-order valence-corrected chi connectivity index (χ4v) is 4.51. The molecule has 2 fully saturated rings. The van der Waals surface area contributed by atoms with E-state index in [-0.39, 0.29) is 54.4 Å². The highest BCUT2D eigenvalue weighted by molar-refractivity contribution is 6.31. The van der Waals surface area contributed by atoms with Gasteiger partial charge in [0.2, 0.25) is 17.7 Å². The monoisotopic (exact) mass is 358 g/mol. The summed E-state index contributed by atoms with van der Waals surface area (Å²) in [5.74, 6) is -0.485. The van der Waals surface area contributed by atoms with E-state index in [0.29, 0.717) is 10.7 Å². The first-order chi connectivity index (χ1) is 12.0. The molecule has 130 valence electrons. The molecule has 1 heterocycles. The molecular weight excluding hydrogens is 340 g/mol. The second-order valence-electron chi connectivity index (χ2n) is 7.09. The number of fused-ring (bicyclic) bond motifs is 5. The number of nitrogens with zero attached hydrogens (tertiary/aromatic N) is 1. The van der Waals surface area contributed by atoms with E-state index in [1.165, 1.54) is 4.90 Å². The number of carbonyl (C=O) groups is 3. The summed E-state index contributed by atoms with van der Waals surface area (Å²) in [4.78, 5) is 38.7. The van der Waals surface area contributed by atoms with Crippen molar-refractivity contribution in [3.05, 3.63) is 40.9 Å². The number of benzene rings is 1. The van der Waals surface area contributed by atoms with Crippen LogP contribution in [0.4, 0.5) is 5.69 Å². The van der Waals surface area contributed by atoms with Crippen molar-refractivity contribution in [2.45, 2.75) is 19.8 Å². The zero-order chi connectivity index (χ0) is 17.7. The zero-order valence-electron chi connectivity index (χ0n) is 13.9. The predicted octanol–water partition coefficient (Wildman–Crippen LogP) is 2.78. The third-order valence-corrected chi connectivity index (χ3v) is 5.83. The molecule has 1 N–H and O–H groups in total. The molecular formula is C19H19ClN2O3. The third-order valence-electron chi connectivity index (χ3n) is 5.60. The van der Waals surface area contributed by atoms with E-state index in [1.807, 2.05) is 13.0 Å². The highest BCUT2D eigenvalue weighted by atomic mass is 35.5. The molecule has 5 nitrogen and oxygen atoms in total. The summed E-state index contributed by atoms with van der Waals surface area (Å²) in [6.45, 7) is 2.01. The largest absolute Gasteiger partial charge is 0.326 e. The summed E-state index contributed by atoms with van der Waals surface area (Å²) < 4.78 is 0. The number of hydrogen-bond donors (Lipinski definition) is 1. The number of imide groups is 1. The van der Waals surface area contributed by atoms with E-state index in [4.69, 9.17) is 11.6 Å². The van der Waals surface area contributed by atoms with E-state index in [1.54, 1.807) is 12.1 Å². The van der Waals surface area contributed by atoms with E-state index in [9.17, 15) is 14.4 Å². The van der Waals surface area contributed by atoms with Gasteiger partial charge in [0, 0.05) is 23.7 Å². The van der Waals surface area contributed by atoms with Gasteiger partial charge in [-0.3, -0.25) is 19.3 Å². The first-order valence-corrected chi connectivity index (χ1v) is 8.93. The minimum absolute atomic E-state index is 0.0889. The lowest BCUT2D eigenvalue weighted by molar-refractivity contribution is -0.140. The molecule has 2 bridgehead atoms. The van der Waals surface area contributed by atoms with Gasteiger partial charge in [-0.05, 0) is 42.9 Å². The number of carbonyl (C=O) groups excluding carboxylic acids is 3. The summed E-state index contributed by atoms with van der Waals surface area (Å²) in [6, 6.07) is 5.28. The third kappa shape index (κ3) is 2.67. The van der Waals surface area contributed by atoms with Crippen LogP contribution in [0.5, 0.6) is 0 Å². The van der Waals surface area contributed by atoms with Gasteiger partial charge in [-0.25, -0.2) is 0 Å². The van der Waals surface area contributed by atoms with Crippen LogP contribution in [-0.4, -0.2) is 29.2 Å². The maximum absolute atomic E-state index is 12.6.